The second kappa shape index (κ2) is 8.87. The molecule has 0 spiro atoms. The maximum Gasteiger partial charge on any atom is 0.0789 e. The number of aromatic nitrogens is 2. The van der Waals surface area contributed by atoms with Gasteiger partial charge in [-0.2, -0.15) is 0 Å². The molecule has 0 aliphatic rings. The van der Waals surface area contributed by atoms with Crippen LogP contribution in [0.2, 0.25) is 10.0 Å². The molecule has 0 unspecified atom stereocenters. The first kappa shape index (κ1) is 23.9. The minimum Gasteiger partial charge on any atom is -0.307 e. The third-order valence-corrected chi connectivity index (χ3v) is 9.03. The molecule has 0 saturated carbocycles. The van der Waals surface area contributed by atoms with Crippen molar-refractivity contribution < 1.29 is 0 Å². The van der Waals surface area contributed by atoms with Crippen LogP contribution in [0.25, 0.3) is 76.5 Å². The largest absolute Gasteiger partial charge is 0.307 e. The Bertz CT molecular complexity index is 2350. The summed E-state index contributed by atoms with van der Waals surface area (Å²) in [4.78, 5) is 0. The normalized spacial score (nSPS) is 12.0. The zero-order chi connectivity index (χ0) is 27.9. The third kappa shape index (κ3) is 3.28. The second-order valence-electron chi connectivity index (χ2n) is 10.9. The van der Waals surface area contributed by atoms with Crippen LogP contribution in [-0.4, -0.2) is 9.13 Å². The van der Waals surface area contributed by atoms with E-state index in [0.29, 0.717) is 0 Å². The Balaban J connectivity index is 1.61. The van der Waals surface area contributed by atoms with Crippen LogP contribution in [0, 0.1) is 0 Å². The summed E-state index contributed by atoms with van der Waals surface area (Å²) in [5, 5.41) is 10.9. The fraction of sp³-hybridized carbons (Fsp3) is 0. The van der Waals surface area contributed by atoms with Crippen LogP contribution in [-0.2, 0) is 0 Å². The van der Waals surface area contributed by atoms with Crippen molar-refractivity contribution in [3.63, 3.8) is 0 Å². The van der Waals surface area contributed by atoms with Crippen molar-refractivity contribution in [1.29, 1.82) is 0 Å². The van der Waals surface area contributed by atoms with Crippen LogP contribution in [0.3, 0.4) is 0 Å². The molecule has 2 heterocycles. The molecule has 2 aromatic heterocycles. The van der Waals surface area contributed by atoms with E-state index in [2.05, 4.69) is 130 Å². The molecule has 7 aromatic carbocycles. The molecule has 2 nitrogen and oxygen atoms in total. The van der Waals surface area contributed by atoms with Gasteiger partial charge in [0.25, 0.3) is 0 Å². The molecule has 0 bridgehead atoms. The topological polar surface area (TPSA) is 9.86 Å². The minimum absolute atomic E-state index is 0.739. The summed E-state index contributed by atoms with van der Waals surface area (Å²) in [5.74, 6) is 0. The molecule has 0 aliphatic heterocycles. The molecule has 0 atom stereocenters. The fourth-order valence-electron chi connectivity index (χ4n) is 6.85. The predicted octanol–water partition coefficient (Wildman–Crippen LogP) is 11.5. The van der Waals surface area contributed by atoms with Gasteiger partial charge in [0.15, 0.2) is 0 Å². The molecule has 0 aliphatic carbocycles. The fourth-order valence-corrected chi connectivity index (χ4v) is 7.21. The van der Waals surface area contributed by atoms with Gasteiger partial charge in [0.05, 0.1) is 22.1 Å². The molecule has 198 valence electrons. The Morgan fingerprint density at radius 3 is 1.12 bits per heavy atom. The SMILES string of the molecule is Clc1ccc2c(ccc3c4ccc5c6ccc7cc(Cl)ccc7c6n(-c6ccccc6)c5c4n(-c4ccccc4)c23)c1. The smallest absolute Gasteiger partial charge is 0.0789 e. The van der Waals surface area contributed by atoms with Gasteiger partial charge in [-0.1, -0.05) is 108 Å². The van der Waals surface area contributed by atoms with Crippen LogP contribution >= 0.6 is 23.2 Å². The quantitative estimate of drug-likeness (QED) is 0.193. The standard InChI is InChI=1S/C38H22Cl2N2/c39-25-13-17-29-23(21-25)11-15-31-33-19-20-34-32-16-12-24-22-26(40)14-18-30(24)36(32)42(28-9-5-2-6-10-28)38(34)37(33)41(35(29)31)27-7-3-1-4-8-27/h1-22H. The first-order valence-corrected chi connectivity index (χ1v) is 14.8. The molecule has 9 aromatic rings. The van der Waals surface area contributed by atoms with E-state index in [1.54, 1.807) is 0 Å². The summed E-state index contributed by atoms with van der Waals surface area (Å²) >= 11 is 12.9. The highest BCUT2D eigenvalue weighted by Gasteiger charge is 2.23. The maximum absolute atomic E-state index is 6.46. The Morgan fingerprint density at radius 2 is 0.690 bits per heavy atom. The summed E-state index contributed by atoms with van der Waals surface area (Å²) in [5.41, 5.74) is 6.96. The van der Waals surface area contributed by atoms with Gasteiger partial charge in [-0.3, -0.25) is 0 Å². The van der Waals surface area contributed by atoms with Crippen molar-refractivity contribution in [2.45, 2.75) is 0 Å². The predicted molar refractivity (Wildman–Crippen MR) is 180 cm³/mol. The number of halogens is 2. The first-order chi connectivity index (χ1) is 20.7. The number of para-hydroxylation sites is 2. The van der Waals surface area contributed by atoms with Crippen molar-refractivity contribution in [3.8, 4) is 11.4 Å². The minimum atomic E-state index is 0.739. The lowest BCUT2D eigenvalue weighted by Crippen LogP contribution is -1.99. The van der Waals surface area contributed by atoms with Crippen molar-refractivity contribution >= 4 is 88.4 Å². The summed E-state index contributed by atoms with van der Waals surface area (Å²) < 4.78 is 4.89. The second-order valence-corrected chi connectivity index (χ2v) is 11.7. The number of benzene rings is 7. The van der Waals surface area contributed by atoms with Crippen molar-refractivity contribution in [1.82, 2.24) is 9.13 Å². The maximum atomic E-state index is 6.46. The summed E-state index contributed by atoms with van der Waals surface area (Å²) in [6.07, 6.45) is 0. The van der Waals surface area contributed by atoms with Crippen molar-refractivity contribution in [2.24, 2.45) is 0 Å². The molecular weight excluding hydrogens is 555 g/mol. The summed E-state index contributed by atoms with van der Waals surface area (Å²) in [7, 11) is 0. The van der Waals surface area contributed by atoms with Gasteiger partial charge < -0.3 is 9.13 Å². The summed E-state index contributed by atoms with van der Waals surface area (Å²) in [6.45, 7) is 0. The van der Waals surface area contributed by atoms with E-state index in [9.17, 15) is 0 Å². The van der Waals surface area contributed by atoms with Crippen LogP contribution in [0.5, 0.6) is 0 Å². The van der Waals surface area contributed by atoms with Gasteiger partial charge in [0.2, 0.25) is 0 Å². The van der Waals surface area contributed by atoms with E-state index >= 15 is 0 Å². The van der Waals surface area contributed by atoms with E-state index in [0.717, 1.165) is 32.2 Å². The molecule has 0 amide bonds. The van der Waals surface area contributed by atoms with Crippen molar-refractivity contribution in [3.05, 3.63) is 144 Å². The number of hydrogen-bond donors (Lipinski definition) is 0. The van der Waals surface area contributed by atoms with Crippen LogP contribution in [0.4, 0.5) is 0 Å². The molecule has 0 saturated heterocycles. The molecular formula is C38H22Cl2N2. The van der Waals surface area contributed by atoms with Gasteiger partial charge in [-0.05, 0) is 59.3 Å². The average molecular weight is 578 g/mol. The van der Waals surface area contributed by atoms with Crippen LogP contribution in [0.1, 0.15) is 0 Å². The van der Waals surface area contributed by atoms with E-state index in [1.807, 2.05) is 12.1 Å². The Hall–Kier alpha value is -4.76. The Kier molecular flexibility index (Phi) is 5.05. The zero-order valence-corrected chi connectivity index (χ0v) is 23.9. The highest BCUT2D eigenvalue weighted by Crippen LogP contribution is 2.45. The average Bonchev–Trinajstić information content (AvgIpc) is 3.55. The van der Waals surface area contributed by atoms with Crippen LogP contribution in [0.15, 0.2) is 133 Å². The first-order valence-electron chi connectivity index (χ1n) is 14.0. The lowest BCUT2D eigenvalue weighted by atomic mass is 10.0. The van der Waals surface area contributed by atoms with Crippen molar-refractivity contribution in [2.75, 3.05) is 0 Å². The van der Waals surface area contributed by atoms with Gasteiger partial charge >= 0.3 is 0 Å². The third-order valence-electron chi connectivity index (χ3n) is 8.56. The van der Waals surface area contributed by atoms with E-state index in [-0.39, 0.29) is 0 Å². The van der Waals surface area contributed by atoms with Gasteiger partial charge in [-0.25, -0.2) is 0 Å². The van der Waals surface area contributed by atoms with Gasteiger partial charge in [-0.15, -0.1) is 0 Å². The number of hydrogen-bond acceptors (Lipinski definition) is 0. The molecule has 42 heavy (non-hydrogen) atoms. The van der Waals surface area contributed by atoms with E-state index in [1.165, 1.54) is 54.4 Å². The van der Waals surface area contributed by atoms with Gasteiger partial charge in [0, 0.05) is 53.7 Å². The monoisotopic (exact) mass is 576 g/mol. The van der Waals surface area contributed by atoms with E-state index < -0.39 is 0 Å². The molecule has 0 radical (unpaired) electrons. The lowest BCUT2D eigenvalue weighted by molar-refractivity contribution is 1.15. The van der Waals surface area contributed by atoms with Gasteiger partial charge in [0.1, 0.15) is 0 Å². The zero-order valence-electron chi connectivity index (χ0n) is 22.4. The highest BCUT2D eigenvalue weighted by atomic mass is 35.5. The summed E-state index contributed by atoms with van der Waals surface area (Å²) in [6, 6.07) is 47.2. The lowest BCUT2D eigenvalue weighted by Gasteiger charge is -2.14. The molecule has 9 rings (SSSR count). The molecule has 0 N–H and O–H groups in total. The Labute approximate surface area is 251 Å². The highest BCUT2D eigenvalue weighted by molar-refractivity contribution is 6.33. The number of nitrogens with zero attached hydrogens (tertiary/aromatic N) is 2. The molecule has 0 fully saturated rings. The van der Waals surface area contributed by atoms with Crippen LogP contribution < -0.4 is 0 Å². The van der Waals surface area contributed by atoms with E-state index in [4.69, 9.17) is 23.2 Å². The Morgan fingerprint density at radius 1 is 0.333 bits per heavy atom. The number of fused-ring (bicyclic) bond motifs is 11. The molecule has 4 heteroatoms. The number of rotatable bonds is 2.